The summed E-state index contributed by atoms with van der Waals surface area (Å²) in [5.41, 5.74) is 1.05. The van der Waals surface area contributed by atoms with Gasteiger partial charge in [-0.2, -0.15) is 0 Å². The van der Waals surface area contributed by atoms with Gasteiger partial charge in [-0.15, -0.1) is 0 Å². The van der Waals surface area contributed by atoms with Gasteiger partial charge in [-0.25, -0.2) is 9.97 Å². The standard InChI is InChI=1S/C10H16ClN3/c1-5-8(3)14(4)9-7(2)6-12-10(11)13-9/h6,8H,5H2,1-4H3. The van der Waals surface area contributed by atoms with Crippen LogP contribution in [0.1, 0.15) is 25.8 Å². The molecular weight excluding hydrogens is 198 g/mol. The SMILES string of the molecule is CCC(C)N(C)c1nc(Cl)ncc1C. The van der Waals surface area contributed by atoms with E-state index in [4.69, 9.17) is 11.6 Å². The number of aryl methyl sites for hydroxylation is 1. The van der Waals surface area contributed by atoms with Crippen molar-refractivity contribution in [3.63, 3.8) is 0 Å². The molecular formula is C10H16ClN3. The molecule has 78 valence electrons. The topological polar surface area (TPSA) is 29.0 Å². The average molecular weight is 214 g/mol. The van der Waals surface area contributed by atoms with Crippen LogP contribution in [0.5, 0.6) is 0 Å². The molecule has 0 aliphatic heterocycles. The number of hydrogen-bond donors (Lipinski definition) is 0. The lowest BCUT2D eigenvalue weighted by atomic mass is 10.2. The minimum atomic E-state index is 0.306. The predicted octanol–water partition coefficient (Wildman–Crippen LogP) is 2.67. The van der Waals surface area contributed by atoms with E-state index in [1.165, 1.54) is 0 Å². The molecule has 0 spiro atoms. The summed E-state index contributed by atoms with van der Waals surface area (Å²) in [5.74, 6) is 0.916. The lowest BCUT2D eigenvalue weighted by molar-refractivity contribution is 0.654. The summed E-state index contributed by atoms with van der Waals surface area (Å²) < 4.78 is 0. The second-order valence-corrected chi connectivity index (χ2v) is 3.85. The number of aromatic nitrogens is 2. The summed E-state index contributed by atoms with van der Waals surface area (Å²) >= 11 is 5.76. The van der Waals surface area contributed by atoms with Gasteiger partial charge in [0.1, 0.15) is 5.82 Å². The summed E-state index contributed by atoms with van der Waals surface area (Å²) in [5, 5.41) is 0.306. The second kappa shape index (κ2) is 4.60. The highest BCUT2D eigenvalue weighted by molar-refractivity contribution is 6.28. The summed E-state index contributed by atoms with van der Waals surface area (Å²) in [6, 6.07) is 0.458. The lowest BCUT2D eigenvalue weighted by Gasteiger charge is -2.26. The largest absolute Gasteiger partial charge is 0.357 e. The number of rotatable bonds is 3. The summed E-state index contributed by atoms with van der Waals surface area (Å²) in [4.78, 5) is 10.3. The Kier molecular flexibility index (Phi) is 3.69. The molecule has 4 heteroatoms. The van der Waals surface area contributed by atoms with Crippen LogP contribution in [0.4, 0.5) is 5.82 Å². The third-order valence-electron chi connectivity index (χ3n) is 2.50. The molecule has 0 fully saturated rings. The van der Waals surface area contributed by atoms with E-state index in [1.807, 2.05) is 14.0 Å². The summed E-state index contributed by atoms with van der Waals surface area (Å²) in [7, 11) is 2.03. The first-order valence-electron chi connectivity index (χ1n) is 4.78. The first kappa shape index (κ1) is 11.2. The van der Waals surface area contributed by atoms with Crippen molar-refractivity contribution in [1.82, 2.24) is 9.97 Å². The van der Waals surface area contributed by atoms with E-state index in [1.54, 1.807) is 6.20 Å². The lowest BCUT2D eigenvalue weighted by Crippen LogP contribution is -2.29. The molecule has 0 amide bonds. The zero-order valence-electron chi connectivity index (χ0n) is 9.08. The van der Waals surface area contributed by atoms with Crippen molar-refractivity contribution in [3.05, 3.63) is 17.0 Å². The highest BCUT2D eigenvalue weighted by atomic mass is 35.5. The molecule has 1 unspecified atom stereocenters. The maximum atomic E-state index is 5.76. The Balaban J connectivity index is 2.99. The minimum absolute atomic E-state index is 0.306. The number of nitrogens with zero attached hydrogens (tertiary/aromatic N) is 3. The highest BCUT2D eigenvalue weighted by Gasteiger charge is 2.12. The third-order valence-corrected chi connectivity index (χ3v) is 2.68. The van der Waals surface area contributed by atoms with Crippen molar-refractivity contribution in [2.75, 3.05) is 11.9 Å². The Morgan fingerprint density at radius 2 is 2.21 bits per heavy atom. The van der Waals surface area contributed by atoms with Gasteiger partial charge in [0, 0.05) is 24.8 Å². The Labute approximate surface area is 90.1 Å². The van der Waals surface area contributed by atoms with Gasteiger partial charge in [0.15, 0.2) is 0 Å². The van der Waals surface area contributed by atoms with Crippen LogP contribution < -0.4 is 4.90 Å². The second-order valence-electron chi connectivity index (χ2n) is 3.51. The van der Waals surface area contributed by atoms with Crippen LogP contribution in [0.3, 0.4) is 0 Å². The van der Waals surface area contributed by atoms with E-state index in [-0.39, 0.29) is 0 Å². The van der Waals surface area contributed by atoms with Crippen LogP contribution in [0.25, 0.3) is 0 Å². The summed E-state index contributed by atoms with van der Waals surface area (Å²) in [6.07, 6.45) is 2.83. The number of anilines is 1. The van der Waals surface area contributed by atoms with Crippen molar-refractivity contribution in [2.24, 2.45) is 0 Å². The van der Waals surface area contributed by atoms with Crippen LogP contribution in [0.2, 0.25) is 5.28 Å². The molecule has 1 aromatic heterocycles. The van der Waals surface area contributed by atoms with Gasteiger partial charge in [0.2, 0.25) is 5.28 Å². The van der Waals surface area contributed by atoms with Gasteiger partial charge in [-0.05, 0) is 31.9 Å². The van der Waals surface area contributed by atoms with Gasteiger partial charge < -0.3 is 4.90 Å². The Hall–Kier alpha value is -0.830. The van der Waals surface area contributed by atoms with Crippen molar-refractivity contribution in [3.8, 4) is 0 Å². The van der Waals surface area contributed by atoms with Crippen molar-refractivity contribution >= 4 is 17.4 Å². The maximum absolute atomic E-state index is 5.76. The molecule has 1 atom stereocenters. The van der Waals surface area contributed by atoms with Gasteiger partial charge in [-0.3, -0.25) is 0 Å². The Bertz CT molecular complexity index is 314. The predicted molar refractivity (Wildman–Crippen MR) is 59.9 cm³/mol. The molecule has 14 heavy (non-hydrogen) atoms. The highest BCUT2D eigenvalue weighted by Crippen LogP contribution is 2.19. The molecule has 1 aromatic rings. The first-order valence-corrected chi connectivity index (χ1v) is 5.16. The van der Waals surface area contributed by atoms with Gasteiger partial charge >= 0.3 is 0 Å². The Morgan fingerprint density at radius 1 is 1.57 bits per heavy atom. The van der Waals surface area contributed by atoms with Crippen LogP contribution >= 0.6 is 11.6 Å². The molecule has 1 rings (SSSR count). The van der Waals surface area contributed by atoms with E-state index in [0.29, 0.717) is 11.3 Å². The number of halogens is 1. The van der Waals surface area contributed by atoms with Crippen molar-refractivity contribution in [1.29, 1.82) is 0 Å². The van der Waals surface area contributed by atoms with Gasteiger partial charge in [0.25, 0.3) is 0 Å². The fourth-order valence-corrected chi connectivity index (χ4v) is 1.38. The molecule has 0 bridgehead atoms. The quantitative estimate of drug-likeness (QED) is 0.723. The molecule has 0 saturated heterocycles. The van der Waals surface area contributed by atoms with E-state index in [9.17, 15) is 0 Å². The molecule has 0 aliphatic carbocycles. The normalized spacial score (nSPS) is 12.6. The van der Waals surface area contributed by atoms with Crippen molar-refractivity contribution < 1.29 is 0 Å². The molecule has 3 nitrogen and oxygen atoms in total. The monoisotopic (exact) mass is 213 g/mol. The first-order chi connectivity index (χ1) is 6.56. The molecule has 0 aromatic carbocycles. The fraction of sp³-hybridized carbons (Fsp3) is 0.600. The van der Waals surface area contributed by atoms with E-state index in [2.05, 4.69) is 28.7 Å². The van der Waals surface area contributed by atoms with Gasteiger partial charge in [0.05, 0.1) is 0 Å². The molecule has 0 N–H and O–H groups in total. The van der Waals surface area contributed by atoms with Crippen LogP contribution in [0, 0.1) is 6.92 Å². The molecule has 0 radical (unpaired) electrons. The fourth-order valence-electron chi connectivity index (χ4n) is 1.25. The zero-order valence-corrected chi connectivity index (χ0v) is 9.84. The zero-order chi connectivity index (χ0) is 10.7. The van der Waals surface area contributed by atoms with E-state index >= 15 is 0 Å². The summed E-state index contributed by atoms with van der Waals surface area (Å²) in [6.45, 7) is 6.30. The third kappa shape index (κ3) is 2.35. The minimum Gasteiger partial charge on any atom is -0.357 e. The molecule has 1 heterocycles. The van der Waals surface area contributed by atoms with Crippen LogP contribution in [-0.2, 0) is 0 Å². The van der Waals surface area contributed by atoms with Crippen molar-refractivity contribution in [2.45, 2.75) is 33.2 Å². The molecule has 0 aliphatic rings. The smallest absolute Gasteiger partial charge is 0.224 e. The van der Waals surface area contributed by atoms with Crippen LogP contribution in [0.15, 0.2) is 6.20 Å². The van der Waals surface area contributed by atoms with E-state index in [0.717, 1.165) is 17.8 Å². The molecule has 0 saturated carbocycles. The van der Waals surface area contributed by atoms with Gasteiger partial charge in [-0.1, -0.05) is 6.92 Å². The van der Waals surface area contributed by atoms with E-state index < -0.39 is 0 Å². The Morgan fingerprint density at radius 3 is 2.79 bits per heavy atom. The number of hydrogen-bond acceptors (Lipinski definition) is 3. The van der Waals surface area contributed by atoms with Crippen LogP contribution in [-0.4, -0.2) is 23.1 Å². The maximum Gasteiger partial charge on any atom is 0.224 e. The average Bonchev–Trinajstić information content (AvgIpc) is 2.19.